The second kappa shape index (κ2) is 10.1. The zero-order valence-corrected chi connectivity index (χ0v) is 17.7. The third-order valence-electron chi connectivity index (χ3n) is 4.89. The predicted octanol–water partition coefficient (Wildman–Crippen LogP) is 3.97. The molecule has 0 radical (unpaired) electrons. The van der Waals surface area contributed by atoms with E-state index in [0.29, 0.717) is 22.8 Å². The number of benzene rings is 2. The van der Waals surface area contributed by atoms with Gasteiger partial charge in [0.15, 0.2) is 11.6 Å². The smallest absolute Gasteiger partial charge is 0.396 e. The number of ketones is 1. The SMILES string of the molecule is O=C(CCc1ccccc1C(F)(F)F)Cn1nc(-c2ccc(Cl)cc2)n(CCCO)c1=O. The summed E-state index contributed by atoms with van der Waals surface area (Å²) in [5.41, 5.74) is -0.679. The van der Waals surface area contributed by atoms with Gasteiger partial charge in [0, 0.05) is 30.2 Å². The van der Waals surface area contributed by atoms with E-state index in [0.717, 1.165) is 10.7 Å². The van der Waals surface area contributed by atoms with Gasteiger partial charge in [-0.3, -0.25) is 9.36 Å². The Morgan fingerprint density at radius 1 is 1.09 bits per heavy atom. The maximum absolute atomic E-state index is 13.1. The highest BCUT2D eigenvalue weighted by atomic mass is 35.5. The van der Waals surface area contributed by atoms with E-state index < -0.39 is 23.2 Å². The number of alkyl halides is 3. The molecular weight excluding hydrogens is 447 g/mol. The van der Waals surface area contributed by atoms with Crippen LogP contribution in [0, 0.1) is 0 Å². The lowest BCUT2D eigenvalue weighted by Crippen LogP contribution is -2.28. The fraction of sp³-hybridized carbons (Fsp3) is 0.318. The van der Waals surface area contributed by atoms with Gasteiger partial charge in [0.1, 0.15) is 6.54 Å². The van der Waals surface area contributed by atoms with Crippen LogP contribution in [0.15, 0.2) is 53.3 Å². The summed E-state index contributed by atoms with van der Waals surface area (Å²) in [5, 5.41) is 13.9. The minimum atomic E-state index is -4.50. The Morgan fingerprint density at radius 3 is 2.44 bits per heavy atom. The fourth-order valence-electron chi connectivity index (χ4n) is 3.32. The molecule has 0 saturated carbocycles. The van der Waals surface area contributed by atoms with Gasteiger partial charge in [-0.15, -0.1) is 5.10 Å². The van der Waals surface area contributed by atoms with Crippen LogP contribution >= 0.6 is 11.6 Å². The van der Waals surface area contributed by atoms with Crippen molar-refractivity contribution in [2.75, 3.05) is 6.61 Å². The zero-order chi connectivity index (χ0) is 23.3. The first kappa shape index (κ1) is 23.7. The third-order valence-corrected chi connectivity index (χ3v) is 5.14. The summed E-state index contributed by atoms with van der Waals surface area (Å²) in [6.45, 7) is -0.296. The third kappa shape index (κ3) is 5.66. The van der Waals surface area contributed by atoms with Crippen LogP contribution in [-0.4, -0.2) is 31.8 Å². The standard InChI is InChI=1S/C22H21ClF3N3O3/c23-17-9-6-16(7-10-17)20-27-29(21(32)28(20)12-3-13-30)14-18(31)11-8-15-4-1-2-5-19(15)22(24,25)26/h1-2,4-7,9-10,30H,3,8,11-14H2. The molecule has 2 aromatic carbocycles. The lowest BCUT2D eigenvalue weighted by molar-refractivity contribution is -0.138. The molecule has 3 rings (SSSR count). The van der Waals surface area contributed by atoms with Gasteiger partial charge in [0.05, 0.1) is 5.56 Å². The summed E-state index contributed by atoms with van der Waals surface area (Å²) in [6.07, 6.45) is -4.46. The molecule has 0 bridgehead atoms. The van der Waals surface area contributed by atoms with Crippen LogP contribution in [0.5, 0.6) is 0 Å². The van der Waals surface area contributed by atoms with Crippen molar-refractivity contribution in [3.63, 3.8) is 0 Å². The number of aromatic nitrogens is 3. The fourth-order valence-corrected chi connectivity index (χ4v) is 3.45. The number of hydrogen-bond acceptors (Lipinski definition) is 4. The van der Waals surface area contributed by atoms with Crippen LogP contribution < -0.4 is 5.69 Å². The van der Waals surface area contributed by atoms with Crippen molar-refractivity contribution in [2.45, 2.75) is 38.5 Å². The number of hydrogen-bond donors (Lipinski definition) is 1. The van der Waals surface area contributed by atoms with Crippen molar-refractivity contribution in [3.05, 3.63) is 75.2 Å². The molecule has 170 valence electrons. The Kier molecular flexibility index (Phi) is 7.52. The first-order chi connectivity index (χ1) is 15.2. The van der Waals surface area contributed by atoms with Gasteiger partial charge < -0.3 is 5.11 Å². The molecule has 32 heavy (non-hydrogen) atoms. The van der Waals surface area contributed by atoms with Crippen molar-refractivity contribution in [1.29, 1.82) is 0 Å². The molecular formula is C22H21ClF3N3O3. The Balaban J connectivity index is 1.79. The summed E-state index contributed by atoms with van der Waals surface area (Å²) in [5.74, 6) is -0.103. The minimum absolute atomic E-state index is 0.0241. The van der Waals surface area contributed by atoms with Crippen LogP contribution in [0.25, 0.3) is 11.4 Å². The van der Waals surface area contributed by atoms with Crippen LogP contribution in [-0.2, 0) is 30.5 Å². The number of carbonyl (C=O) groups is 1. The highest BCUT2D eigenvalue weighted by Gasteiger charge is 2.32. The average molecular weight is 468 g/mol. The number of rotatable bonds is 9. The molecule has 1 aromatic heterocycles. The van der Waals surface area contributed by atoms with Gasteiger partial charge in [0.2, 0.25) is 0 Å². The largest absolute Gasteiger partial charge is 0.416 e. The molecule has 0 fully saturated rings. The van der Waals surface area contributed by atoms with Gasteiger partial charge in [0.25, 0.3) is 0 Å². The van der Waals surface area contributed by atoms with Crippen LogP contribution in [0.2, 0.25) is 5.02 Å². The Hall–Kier alpha value is -2.91. The number of Topliss-reactive ketones (excluding diaryl/α,β-unsaturated/α-hetero) is 1. The lowest BCUT2D eigenvalue weighted by Gasteiger charge is -2.12. The molecule has 0 aliphatic carbocycles. The normalized spacial score (nSPS) is 11.7. The summed E-state index contributed by atoms with van der Waals surface area (Å²) in [6, 6.07) is 11.7. The second-order valence-corrected chi connectivity index (χ2v) is 7.63. The van der Waals surface area contributed by atoms with E-state index in [1.165, 1.54) is 22.8 Å². The molecule has 0 unspecified atom stereocenters. The molecule has 10 heteroatoms. The number of nitrogens with zero attached hydrogens (tertiary/aromatic N) is 3. The average Bonchev–Trinajstić information content (AvgIpc) is 3.06. The van der Waals surface area contributed by atoms with E-state index in [1.54, 1.807) is 24.3 Å². The van der Waals surface area contributed by atoms with E-state index in [4.69, 9.17) is 16.7 Å². The van der Waals surface area contributed by atoms with Gasteiger partial charge in [-0.2, -0.15) is 13.2 Å². The zero-order valence-electron chi connectivity index (χ0n) is 17.0. The first-order valence-electron chi connectivity index (χ1n) is 9.92. The van der Waals surface area contributed by atoms with Crippen LogP contribution in [0.3, 0.4) is 0 Å². The summed E-state index contributed by atoms with van der Waals surface area (Å²) >= 11 is 5.91. The Morgan fingerprint density at radius 2 is 1.78 bits per heavy atom. The molecule has 3 aromatic rings. The number of carbonyl (C=O) groups excluding carboxylic acids is 1. The minimum Gasteiger partial charge on any atom is -0.396 e. The maximum Gasteiger partial charge on any atom is 0.416 e. The molecule has 0 atom stereocenters. The molecule has 0 saturated heterocycles. The topological polar surface area (TPSA) is 77.1 Å². The maximum atomic E-state index is 13.1. The molecule has 0 amide bonds. The van der Waals surface area contributed by atoms with E-state index in [2.05, 4.69) is 5.10 Å². The van der Waals surface area contributed by atoms with Crippen LogP contribution in [0.4, 0.5) is 13.2 Å². The summed E-state index contributed by atoms with van der Waals surface area (Å²) < 4.78 is 41.8. The molecule has 0 spiro atoms. The van der Waals surface area contributed by atoms with E-state index in [9.17, 15) is 22.8 Å². The van der Waals surface area contributed by atoms with Crippen molar-refractivity contribution in [3.8, 4) is 11.4 Å². The predicted molar refractivity (Wildman–Crippen MR) is 113 cm³/mol. The molecule has 1 heterocycles. The summed E-state index contributed by atoms with van der Waals surface area (Å²) in [7, 11) is 0. The van der Waals surface area contributed by atoms with E-state index in [1.807, 2.05) is 0 Å². The quantitative estimate of drug-likeness (QED) is 0.516. The van der Waals surface area contributed by atoms with Gasteiger partial charge in [-0.25, -0.2) is 9.48 Å². The van der Waals surface area contributed by atoms with E-state index >= 15 is 0 Å². The lowest BCUT2D eigenvalue weighted by atomic mass is 10.0. The molecule has 1 N–H and O–H groups in total. The van der Waals surface area contributed by atoms with E-state index in [-0.39, 0.29) is 38.1 Å². The van der Waals surface area contributed by atoms with Crippen molar-refractivity contribution < 1.29 is 23.1 Å². The van der Waals surface area contributed by atoms with Crippen molar-refractivity contribution in [1.82, 2.24) is 14.3 Å². The van der Waals surface area contributed by atoms with Gasteiger partial charge in [-0.1, -0.05) is 29.8 Å². The first-order valence-corrected chi connectivity index (χ1v) is 10.3. The highest BCUT2D eigenvalue weighted by Crippen LogP contribution is 2.32. The monoisotopic (exact) mass is 467 g/mol. The highest BCUT2D eigenvalue weighted by molar-refractivity contribution is 6.30. The number of aliphatic hydroxyl groups is 1. The van der Waals surface area contributed by atoms with Crippen molar-refractivity contribution >= 4 is 17.4 Å². The molecule has 0 aliphatic heterocycles. The van der Waals surface area contributed by atoms with Gasteiger partial charge >= 0.3 is 11.9 Å². The number of aliphatic hydroxyl groups excluding tert-OH is 1. The Labute approximate surface area is 186 Å². The van der Waals surface area contributed by atoms with Crippen molar-refractivity contribution in [2.24, 2.45) is 0 Å². The second-order valence-electron chi connectivity index (χ2n) is 7.19. The number of aryl methyl sites for hydroxylation is 1. The molecule has 0 aliphatic rings. The number of halogens is 4. The van der Waals surface area contributed by atoms with Gasteiger partial charge in [-0.05, 0) is 48.7 Å². The molecule has 6 nitrogen and oxygen atoms in total. The Bertz CT molecular complexity index is 1140. The van der Waals surface area contributed by atoms with Crippen LogP contribution in [0.1, 0.15) is 24.0 Å². The summed E-state index contributed by atoms with van der Waals surface area (Å²) in [4.78, 5) is 25.3.